The van der Waals surface area contributed by atoms with Crippen molar-refractivity contribution in [3.63, 3.8) is 0 Å². The maximum atomic E-state index is 4.18. The van der Waals surface area contributed by atoms with Gasteiger partial charge in [-0.1, -0.05) is 18.2 Å². The van der Waals surface area contributed by atoms with Crippen molar-refractivity contribution >= 4 is 5.57 Å². The van der Waals surface area contributed by atoms with Crippen LogP contribution in [0.4, 0.5) is 0 Å². The van der Waals surface area contributed by atoms with Crippen molar-refractivity contribution in [2.24, 2.45) is 0 Å². The van der Waals surface area contributed by atoms with E-state index < -0.39 is 0 Å². The maximum Gasteiger partial charge on any atom is -0.0164 e. The molecule has 3 rings (SSSR count). The highest BCUT2D eigenvalue weighted by atomic mass is 14.3. The summed E-state index contributed by atoms with van der Waals surface area (Å²) in [7, 11) is 0. The van der Waals surface area contributed by atoms with E-state index in [0.29, 0.717) is 0 Å². The van der Waals surface area contributed by atoms with Crippen LogP contribution in [0.25, 0.3) is 5.57 Å². The van der Waals surface area contributed by atoms with Crippen LogP contribution in [0, 0.1) is 0 Å². The van der Waals surface area contributed by atoms with Gasteiger partial charge in [0.2, 0.25) is 0 Å². The van der Waals surface area contributed by atoms with Crippen LogP contribution in [-0.4, -0.2) is 0 Å². The van der Waals surface area contributed by atoms with Gasteiger partial charge in [0, 0.05) is 0 Å². The van der Waals surface area contributed by atoms with Gasteiger partial charge >= 0.3 is 0 Å². The van der Waals surface area contributed by atoms with Gasteiger partial charge in [-0.15, -0.1) is 0 Å². The number of benzene rings is 1. The topological polar surface area (TPSA) is 0 Å². The molecule has 0 radical (unpaired) electrons. The molecule has 2 aliphatic carbocycles. The normalized spacial score (nSPS) is 17.7. The Morgan fingerprint density at radius 2 is 1.53 bits per heavy atom. The minimum absolute atomic E-state index is 1.28. The first-order valence-corrected chi connectivity index (χ1v) is 6.10. The minimum Gasteiger partial charge on any atom is -0.0955 e. The van der Waals surface area contributed by atoms with E-state index in [1.165, 1.54) is 49.7 Å². The molecule has 0 amide bonds. The van der Waals surface area contributed by atoms with E-state index >= 15 is 0 Å². The van der Waals surface area contributed by atoms with Gasteiger partial charge < -0.3 is 0 Å². The molecule has 0 aliphatic heterocycles. The molecule has 0 atom stereocenters. The Hall–Kier alpha value is -1.04. The Labute approximate surface area is 92.0 Å². The van der Waals surface area contributed by atoms with E-state index in [1.54, 1.807) is 22.3 Å². The smallest absolute Gasteiger partial charge is 0.0164 e. The van der Waals surface area contributed by atoms with Crippen LogP contribution in [0.2, 0.25) is 0 Å². The van der Waals surface area contributed by atoms with E-state index in [9.17, 15) is 0 Å². The van der Waals surface area contributed by atoms with Gasteiger partial charge in [0.15, 0.2) is 0 Å². The summed E-state index contributed by atoms with van der Waals surface area (Å²) in [5.74, 6) is 0. The van der Waals surface area contributed by atoms with E-state index in [4.69, 9.17) is 0 Å². The van der Waals surface area contributed by atoms with Crippen molar-refractivity contribution in [2.45, 2.75) is 45.4 Å². The lowest BCUT2D eigenvalue weighted by atomic mass is 9.90. The molecule has 0 saturated carbocycles. The number of hydrogen-bond donors (Lipinski definition) is 0. The third kappa shape index (κ3) is 1.27. The molecule has 0 heteroatoms. The second-order valence-corrected chi connectivity index (χ2v) is 5.01. The second kappa shape index (κ2) is 3.23. The van der Waals surface area contributed by atoms with Crippen molar-refractivity contribution in [1.29, 1.82) is 0 Å². The van der Waals surface area contributed by atoms with Crippen LogP contribution >= 0.6 is 0 Å². The Balaban J connectivity index is 2.29. The van der Waals surface area contributed by atoms with Crippen molar-refractivity contribution in [3.05, 3.63) is 40.5 Å². The van der Waals surface area contributed by atoms with Crippen molar-refractivity contribution < 1.29 is 0 Å². The molecule has 0 aromatic heterocycles. The molecule has 0 heterocycles. The zero-order valence-electron chi connectivity index (χ0n) is 9.53. The quantitative estimate of drug-likeness (QED) is 0.645. The maximum absolute atomic E-state index is 4.18. The molecular weight excluding hydrogens is 180 g/mol. The Bertz CT molecular complexity index is 406. The summed E-state index contributed by atoms with van der Waals surface area (Å²) >= 11 is 0. The Morgan fingerprint density at radius 3 is 2.00 bits per heavy atom. The molecule has 0 N–H and O–H groups in total. The fourth-order valence-electron chi connectivity index (χ4n) is 3.33. The van der Waals surface area contributed by atoms with Crippen LogP contribution in [0.5, 0.6) is 0 Å². The number of fused-ring (bicyclic) bond motifs is 2. The SMILES string of the molecule is C=C(C)c1c2c(cc3c1CCC3)CCC2. The van der Waals surface area contributed by atoms with Crippen molar-refractivity contribution in [3.8, 4) is 0 Å². The zero-order chi connectivity index (χ0) is 10.4. The molecule has 0 saturated heterocycles. The van der Waals surface area contributed by atoms with Crippen molar-refractivity contribution in [1.82, 2.24) is 0 Å². The van der Waals surface area contributed by atoms with Crippen molar-refractivity contribution in [2.75, 3.05) is 0 Å². The first kappa shape index (κ1) is 9.21. The molecule has 1 aromatic carbocycles. The van der Waals surface area contributed by atoms with Crippen LogP contribution in [0.3, 0.4) is 0 Å². The fourth-order valence-corrected chi connectivity index (χ4v) is 3.33. The lowest BCUT2D eigenvalue weighted by Crippen LogP contribution is -1.98. The molecule has 0 fully saturated rings. The average Bonchev–Trinajstić information content (AvgIpc) is 2.79. The summed E-state index contributed by atoms with van der Waals surface area (Å²) in [6, 6.07) is 2.48. The highest BCUT2D eigenvalue weighted by Crippen LogP contribution is 2.37. The largest absolute Gasteiger partial charge is 0.0955 e. The predicted molar refractivity (Wildman–Crippen MR) is 65.2 cm³/mol. The number of aryl methyl sites for hydroxylation is 2. The van der Waals surface area contributed by atoms with Gasteiger partial charge in [-0.3, -0.25) is 0 Å². The standard InChI is InChI=1S/C15H18/c1-10(2)15-13-7-3-5-11(13)9-12-6-4-8-14(12)15/h9H,1,3-8H2,2H3. The van der Waals surface area contributed by atoms with Crippen LogP contribution in [0.15, 0.2) is 12.6 Å². The van der Waals surface area contributed by atoms with Gasteiger partial charge in [0.1, 0.15) is 0 Å². The Kier molecular flexibility index (Phi) is 1.98. The predicted octanol–water partition coefficient (Wildman–Crippen LogP) is 3.70. The van der Waals surface area contributed by atoms with E-state index in [0.717, 1.165) is 0 Å². The molecule has 0 bridgehead atoms. The van der Waals surface area contributed by atoms with E-state index in [1.807, 2.05) is 0 Å². The molecule has 2 aliphatic rings. The first-order valence-electron chi connectivity index (χ1n) is 6.10. The second-order valence-electron chi connectivity index (χ2n) is 5.01. The summed E-state index contributed by atoms with van der Waals surface area (Å²) in [6.07, 6.45) is 7.85. The molecule has 0 nitrogen and oxygen atoms in total. The van der Waals surface area contributed by atoms with Crippen LogP contribution in [-0.2, 0) is 25.7 Å². The summed E-state index contributed by atoms with van der Waals surface area (Å²) in [4.78, 5) is 0. The highest BCUT2D eigenvalue weighted by Gasteiger charge is 2.23. The molecular formula is C15H18. The third-order valence-electron chi connectivity index (χ3n) is 3.90. The monoisotopic (exact) mass is 198 g/mol. The van der Waals surface area contributed by atoms with Crippen LogP contribution in [0.1, 0.15) is 47.6 Å². The van der Waals surface area contributed by atoms with Crippen LogP contribution < -0.4 is 0 Å². The number of hydrogen-bond acceptors (Lipinski definition) is 0. The average molecular weight is 198 g/mol. The lowest BCUT2D eigenvalue weighted by Gasteiger charge is -2.14. The molecule has 78 valence electrons. The van der Waals surface area contributed by atoms with E-state index in [-0.39, 0.29) is 0 Å². The van der Waals surface area contributed by atoms with Gasteiger partial charge in [0.25, 0.3) is 0 Å². The van der Waals surface area contributed by atoms with Gasteiger partial charge in [-0.05, 0) is 73.3 Å². The zero-order valence-corrected chi connectivity index (χ0v) is 9.53. The number of rotatable bonds is 1. The molecule has 0 spiro atoms. The van der Waals surface area contributed by atoms with Gasteiger partial charge in [-0.25, -0.2) is 0 Å². The summed E-state index contributed by atoms with van der Waals surface area (Å²) in [5.41, 5.74) is 9.32. The number of allylic oxidation sites excluding steroid dienone is 1. The fraction of sp³-hybridized carbons (Fsp3) is 0.467. The Morgan fingerprint density at radius 1 is 1.00 bits per heavy atom. The molecule has 15 heavy (non-hydrogen) atoms. The summed E-state index contributed by atoms with van der Waals surface area (Å²) in [6.45, 7) is 6.35. The van der Waals surface area contributed by atoms with Gasteiger partial charge in [0.05, 0.1) is 0 Å². The molecule has 0 unspecified atom stereocenters. The molecule has 1 aromatic rings. The highest BCUT2D eigenvalue weighted by molar-refractivity contribution is 5.71. The van der Waals surface area contributed by atoms with Gasteiger partial charge in [-0.2, -0.15) is 0 Å². The lowest BCUT2D eigenvalue weighted by molar-refractivity contribution is 0.895. The van der Waals surface area contributed by atoms with E-state index in [2.05, 4.69) is 19.6 Å². The third-order valence-corrected chi connectivity index (χ3v) is 3.90. The summed E-state index contributed by atoms with van der Waals surface area (Å²) in [5, 5.41) is 0. The summed E-state index contributed by atoms with van der Waals surface area (Å²) < 4.78 is 0. The first-order chi connectivity index (χ1) is 7.27. The minimum atomic E-state index is 1.28.